The van der Waals surface area contributed by atoms with Crippen LogP contribution in [0.15, 0.2) is 179 Å². The molecular weight excluding hydrogens is 1510 g/mol. The summed E-state index contributed by atoms with van der Waals surface area (Å²) in [5, 5.41) is 38.1. The van der Waals surface area contributed by atoms with Crippen LogP contribution in [0.2, 0.25) is 0 Å². The summed E-state index contributed by atoms with van der Waals surface area (Å²) in [7, 11) is -6.68. The Morgan fingerprint density at radius 2 is 0.713 bits per heavy atom. The summed E-state index contributed by atoms with van der Waals surface area (Å²) >= 11 is 1.79. The number of piperidine rings is 3. The van der Waals surface area contributed by atoms with Crippen LogP contribution in [0.5, 0.6) is 0 Å². The zero-order valence-electron chi connectivity index (χ0n) is 65.3. The summed E-state index contributed by atoms with van der Waals surface area (Å²) in [5.41, 5.74) is 4.45. The van der Waals surface area contributed by atoms with Gasteiger partial charge in [-0.3, -0.25) is 71.6 Å². The summed E-state index contributed by atoms with van der Waals surface area (Å²) in [6.45, 7) is 5.77. The number of sulfone groups is 2. The van der Waals surface area contributed by atoms with Gasteiger partial charge >= 0.3 is 0 Å². The van der Waals surface area contributed by atoms with E-state index in [0.717, 1.165) is 97.3 Å². The molecule has 12 heterocycles. The van der Waals surface area contributed by atoms with E-state index in [0.29, 0.717) is 126 Å². The fraction of sp³-hybridized carbons (Fsp3) is 0.448. The Morgan fingerprint density at radius 3 is 1.00 bits per heavy atom. The minimum atomic E-state index is -3.34. The van der Waals surface area contributed by atoms with E-state index >= 15 is 0 Å². The molecule has 0 bridgehead atoms. The number of nitrogens with one attached hydrogen (secondary N) is 3. The monoisotopic (exact) mass is 1610 g/mol. The van der Waals surface area contributed by atoms with Crippen molar-refractivity contribution >= 4 is 65.7 Å². The van der Waals surface area contributed by atoms with Crippen molar-refractivity contribution in [3.63, 3.8) is 0 Å². The molecule has 3 amide bonds. The third-order valence-electron chi connectivity index (χ3n) is 24.5. The third-order valence-corrected chi connectivity index (χ3v) is 29.0. The fourth-order valence-corrected chi connectivity index (χ4v) is 21.6. The van der Waals surface area contributed by atoms with E-state index in [9.17, 15) is 61.4 Å². The largest absolute Gasteiger partial charge is 0.348 e. The van der Waals surface area contributed by atoms with Gasteiger partial charge in [-0.1, -0.05) is 74.9 Å². The average molecular weight is 1610 g/mol. The first-order valence-electron chi connectivity index (χ1n) is 39.9. The second kappa shape index (κ2) is 36.3. The van der Waals surface area contributed by atoms with Gasteiger partial charge in [-0.05, 0) is 191 Å². The molecule has 15 rings (SSSR count). The molecule has 3 N–H and O–H groups in total. The highest BCUT2D eigenvalue weighted by Crippen LogP contribution is 2.39. The summed E-state index contributed by atoms with van der Waals surface area (Å²) in [6.07, 6.45) is 28.3. The highest BCUT2D eigenvalue weighted by Gasteiger charge is 2.43. The molecule has 0 radical (unpaired) electrons. The van der Waals surface area contributed by atoms with Crippen LogP contribution >= 0.6 is 11.8 Å². The normalized spacial score (nSPS) is 21.8. The molecule has 25 nitrogen and oxygen atoms in total. The Labute approximate surface area is 675 Å². The zero-order valence-corrected chi connectivity index (χ0v) is 67.8. The van der Waals surface area contributed by atoms with Gasteiger partial charge < -0.3 is 16.0 Å². The van der Waals surface area contributed by atoms with Gasteiger partial charge in [0.15, 0.2) is 19.7 Å². The molecular formula is C87H99N15O10S3. The number of carbonyl (C=O) groups is 3. The Balaban J connectivity index is 0.000000150. The van der Waals surface area contributed by atoms with E-state index in [1.165, 1.54) is 27.7 Å². The van der Waals surface area contributed by atoms with E-state index in [-0.39, 0.29) is 34.2 Å². The molecule has 3 aliphatic heterocycles. The number of carbonyl (C=O) groups excluding carboxylic acids is 3. The number of rotatable bonds is 18. The van der Waals surface area contributed by atoms with Crippen molar-refractivity contribution in [2.24, 2.45) is 0 Å². The average Bonchev–Trinajstić information content (AvgIpc) is 0.775. The first kappa shape index (κ1) is 82.7. The Morgan fingerprint density at radius 1 is 0.426 bits per heavy atom. The van der Waals surface area contributed by atoms with Crippen molar-refractivity contribution in [3.05, 3.63) is 246 Å². The van der Waals surface area contributed by atoms with Crippen molar-refractivity contribution in [1.82, 2.24) is 58.8 Å². The number of hydrogen-bond donors (Lipinski definition) is 3. The maximum Gasteiger partial charge on any atom is 0.267 e. The molecule has 0 spiro atoms. The van der Waals surface area contributed by atoms with Crippen molar-refractivity contribution in [2.45, 2.75) is 185 Å². The fourth-order valence-electron chi connectivity index (χ4n) is 17.9. The lowest BCUT2D eigenvalue weighted by Gasteiger charge is -2.37. The summed E-state index contributed by atoms with van der Waals surface area (Å²) < 4.78 is 53.9. The van der Waals surface area contributed by atoms with E-state index < -0.39 is 81.4 Å². The predicted molar refractivity (Wildman–Crippen MR) is 443 cm³/mol. The minimum absolute atomic E-state index is 0.00314. The van der Waals surface area contributed by atoms with Crippen molar-refractivity contribution in [1.29, 1.82) is 15.8 Å². The van der Waals surface area contributed by atoms with E-state index in [4.69, 9.17) is 0 Å². The number of aromatic nitrogens is 6. The number of pyridine rings is 9. The van der Waals surface area contributed by atoms with Crippen molar-refractivity contribution in [3.8, 4) is 18.2 Å². The van der Waals surface area contributed by atoms with Crippen LogP contribution in [0.4, 0.5) is 0 Å². The number of fused-ring (bicyclic) bond motifs is 3. The molecule has 6 aliphatic rings. The van der Waals surface area contributed by atoms with Crippen LogP contribution in [0.1, 0.15) is 180 Å². The number of nitrogens with zero attached hydrogens (tertiary/aromatic N) is 12. The molecule has 6 atom stereocenters. The number of thioether (sulfide) groups is 1. The summed E-state index contributed by atoms with van der Waals surface area (Å²) in [6, 6.07) is 45.3. The number of nitriles is 3. The molecule has 0 aromatic carbocycles. The Kier molecular flexibility index (Phi) is 26.1. The van der Waals surface area contributed by atoms with Gasteiger partial charge in [0.25, 0.3) is 34.4 Å². The summed E-state index contributed by atoms with van der Waals surface area (Å²) in [5.74, 6) is -1.37. The van der Waals surface area contributed by atoms with Crippen LogP contribution in [0.3, 0.4) is 0 Å². The molecule has 600 valence electrons. The van der Waals surface area contributed by atoms with Gasteiger partial charge in [0.05, 0.1) is 62.3 Å². The first-order valence-corrected chi connectivity index (χ1v) is 45.1. The molecule has 3 saturated carbocycles. The quantitative estimate of drug-likeness (QED) is 0.0719. The van der Waals surface area contributed by atoms with E-state index in [2.05, 4.69) is 70.1 Å². The van der Waals surface area contributed by atoms with Crippen LogP contribution < -0.4 is 32.6 Å². The minimum Gasteiger partial charge on any atom is -0.348 e. The van der Waals surface area contributed by atoms with Crippen LogP contribution in [0.25, 0.3) is 16.6 Å². The van der Waals surface area contributed by atoms with Crippen LogP contribution in [-0.4, -0.2) is 169 Å². The van der Waals surface area contributed by atoms with Gasteiger partial charge in [0.1, 0.15) is 32.9 Å². The van der Waals surface area contributed by atoms with Gasteiger partial charge in [-0.15, -0.1) is 0 Å². The van der Waals surface area contributed by atoms with Gasteiger partial charge in [0, 0.05) is 132 Å². The van der Waals surface area contributed by atoms with Gasteiger partial charge in [-0.25, -0.2) is 16.8 Å². The molecule has 3 saturated heterocycles. The summed E-state index contributed by atoms with van der Waals surface area (Å²) in [4.78, 5) is 100. The molecule has 28 heteroatoms. The number of hydrogen-bond acceptors (Lipinski definition) is 20. The molecule has 9 aromatic heterocycles. The lowest BCUT2D eigenvalue weighted by molar-refractivity contribution is 0.0918. The maximum atomic E-state index is 13.4. The first-order chi connectivity index (χ1) is 55.5. The second-order valence-electron chi connectivity index (χ2n) is 31.7. The smallest absolute Gasteiger partial charge is 0.267 e. The molecule has 115 heavy (non-hydrogen) atoms. The highest BCUT2D eigenvalue weighted by molar-refractivity contribution is 7.99. The lowest BCUT2D eigenvalue weighted by atomic mass is 9.76. The maximum absolute atomic E-state index is 13.4. The molecule has 6 fully saturated rings. The van der Waals surface area contributed by atoms with Gasteiger partial charge in [-0.2, -0.15) is 27.5 Å². The van der Waals surface area contributed by atoms with E-state index in [1.807, 2.05) is 97.1 Å². The third kappa shape index (κ3) is 18.5. The molecule has 0 unspecified atom stereocenters. The van der Waals surface area contributed by atoms with Gasteiger partial charge in [0.2, 0.25) is 0 Å². The molecule has 9 aromatic rings. The Bertz CT molecular complexity index is 5350. The predicted octanol–water partition coefficient (Wildman–Crippen LogP) is 9.83. The van der Waals surface area contributed by atoms with Crippen LogP contribution in [-0.2, 0) is 55.6 Å². The zero-order chi connectivity index (χ0) is 81.1. The SMILES string of the molecule is CS(=O)(=O)[C@H]1CCCC[C@@H]1NC(=O)c1cc(CN2CCC(C#N)(c3ccccn3)CC2)c2ccccn2c1=O.CS(=O)(=O)[C@H]1CCCC[C@@H]1NC(=O)c1cc(CN2CCC(C#N)(c3ccccn3)CC2)c2ccccn2c1=O.CS[C@H]1CCCC[C@@H]1NC(=O)c1cc(CN2CCC(C#N)(c3ccccn3)CC2)c2ccccn2c1=O. The number of amides is 3. The number of likely N-dealkylation sites (tertiary alicyclic amines) is 3. The van der Waals surface area contributed by atoms with E-state index in [1.54, 1.807) is 83.7 Å². The van der Waals surface area contributed by atoms with Crippen molar-refractivity contribution in [2.75, 3.05) is 58.0 Å². The lowest BCUT2D eigenvalue weighted by Crippen LogP contribution is -2.49. The second-order valence-corrected chi connectivity index (χ2v) is 37.3. The van der Waals surface area contributed by atoms with Crippen LogP contribution in [0, 0.1) is 34.0 Å². The van der Waals surface area contributed by atoms with Crippen molar-refractivity contribution < 1.29 is 31.2 Å². The molecule has 3 aliphatic carbocycles. The highest BCUT2D eigenvalue weighted by atomic mass is 32.2. The standard InChI is InChI=1S/2C29H33N5O4S.C29H33N5O2S/c2*1-39(37,38)25-10-3-2-8-23(25)32-27(35)22-18-21(24-9-5-7-15-34(24)28(22)36)19-33-16-12-29(20-30,13-17-33)26-11-4-6-14-31-26;1-37-25-10-3-2-8-23(25)32-27(35)22-18-21(24-9-5-7-15-34(24)28(22)36)19-33-16-12-29(20-30,13-17-33)26-11-4-6-14-31-26/h2*4-7,9,11,14-15,18,23,25H,2-3,8,10,12-13,16-17,19H2,1H3,(H,32,35);4-7,9,11,14-15,18,23,25H,2-3,8,10,12-13,16-17,19H2,1H3,(H,32,35)/t3*23-,25-/m000/s1. The topological polar surface area (TPSA) is 340 Å². The Hall–Kier alpha value is -10.3.